The van der Waals surface area contributed by atoms with E-state index in [1.54, 1.807) is 6.20 Å². The molecule has 1 aromatic heterocycles. The number of hydrogen-bond acceptors (Lipinski definition) is 4. The van der Waals surface area contributed by atoms with Crippen molar-refractivity contribution in [3.63, 3.8) is 0 Å². The van der Waals surface area contributed by atoms with Gasteiger partial charge in [-0.25, -0.2) is 0 Å². The normalized spacial score (nSPS) is 17.7. The second-order valence-corrected chi connectivity index (χ2v) is 4.57. The minimum absolute atomic E-state index is 0.0717. The first-order chi connectivity index (χ1) is 9.84. The number of benzene rings is 1. The molecule has 20 heavy (non-hydrogen) atoms. The van der Waals surface area contributed by atoms with E-state index in [9.17, 15) is 4.79 Å². The number of aromatic nitrogens is 2. The number of aromatic amines is 1. The Morgan fingerprint density at radius 1 is 1.40 bits per heavy atom. The van der Waals surface area contributed by atoms with Crippen LogP contribution < -0.4 is 15.4 Å². The Labute approximate surface area is 116 Å². The highest BCUT2D eigenvalue weighted by Gasteiger charge is 2.25. The second kappa shape index (κ2) is 5.75. The lowest BCUT2D eigenvalue weighted by Crippen LogP contribution is -2.37. The number of carbonyl (C=O) groups is 1. The van der Waals surface area contributed by atoms with Crippen molar-refractivity contribution < 1.29 is 9.53 Å². The summed E-state index contributed by atoms with van der Waals surface area (Å²) in [5, 5.41) is 12.8. The van der Waals surface area contributed by atoms with Gasteiger partial charge in [-0.05, 0) is 12.1 Å². The molecule has 0 bridgehead atoms. The highest BCUT2D eigenvalue weighted by molar-refractivity contribution is 5.84. The van der Waals surface area contributed by atoms with Crippen LogP contribution in [0.5, 0.6) is 5.75 Å². The fraction of sp³-hybridized carbons (Fsp3) is 0.286. The van der Waals surface area contributed by atoms with E-state index in [1.807, 2.05) is 30.3 Å². The lowest BCUT2D eigenvalue weighted by molar-refractivity contribution is -0.123. The third-order valence-corrected chi connectivity index (χ3v) is 3.21. The smallest absolute Gasteiger partial charge is 0.242 e. The maximum Gasteiger partial charge on any atom is 0.242 e. The van der Waals surface area contributed by atoms with Crippen molar-refractivity contribution in [2.75, 3.05) is 13.2 Å². The fourth-order valence-corrected chi connectivity index (χ4v) is 2.23. The molecule has 0 saturated heterocycles. The average Bonchev–Trinajstić information content (AvgIpc) is 2.90. The van der Waals surface area contributed by atoms with Gasteiger partial charge in [-0.3, -0.25) is 15.2 Å². The molecule has 2 aromatic rings. The zero-order chi connectivity index (χ0) is 13.8. The number of rotatable bonds is 3. The van der Waals surface area contributed by atoms with Gasteiger partial charge in [0.15, 0.2) is 0 Å². The number of nitrogens with one attached hydrogen (secondary N) is 3. The summed E-state index contributed by atoms with van der Waals surface area (Å²) in [6, 6.07) is 9.05. The van der Waals surface area contributed by atoms with Gasteiger partial charge in [-0.1, -0.05) is 18.2 Å². The van der Waals surface area contributed by atoms with Crippen molar-refractivity contribution in [2.24, 2.45) is 0 Å². The minimum atomic E-state index is -0.392. The standard InChI is InChI=1S/C14H16N4O2/c19-14(16-9-10-5-6-17-18-10)13-11-3-1-2-4-12(11)20-8-7-15-13/h1-6,13,15H,7-9H2,(H,16,19)(H,17,18). The van der Waals surface area contributed by atoms with E-state index in [0.29, 0.717) is 19.7 Å². The van der Waals surface area contributed by atoms with Gasteiger partial charge in [0, 0.05) is 18.3 Å². The Hall–Kier alpha value is -2.34. The van der Waals surface area contributed by atoms with Gasteiger partial charge in [0.25, 0.3) is 0 Å². The van der Waals surface area contributed by atoms with Crippen LogP contribution >= 0.6 is 0 Å². The number of H-pyrrole nitrogens is 1. The predicted molar refractivity (Wildman–Crippen MR) is 73.1 cm³/mol. The van der Waals surface area contributed by atoms with Gasteiger partial charge in [0.2, 0.25) is 5.91 Å². The molecule has 0 spiro atoms. The molecule has 1 amide bonds. The summed E-state index contributed by atoms with van der Waals surface area (Å²) < 4.78 is 5.62. The Kier molecular flexibility index (Phi) is 3.64. The Morgan fingerprint density at radius 2 is 2.30 bits per heavy atom. The van der Waals surface area contributed by atoms with Crippen LogP contribution in [0.2, 0.25) is 0 Å². The molecule has 1 atom stereocenters. The molecule has 104 valence electrons. The van der Waals surface area contributed by atoms with Crippen LogP contribution in [0.25, 0.3) is 0 Å². The molecule has 0 aliphatic carbocycles. The average molecular weight is 272 g/mol. The second-order valence-electron chi connectivity index (χ2n) is 4.57. The quantitative estimate of drug-likeness (QED) is 0.770. The van der Waals surface area contributed by atoms with E-state index in [-0.39, 0.29) is 5.91 Å². The van der Waals surface area contributed by atoms with Crippen LogP contribution in [0, 0.1) is 0 Å². The first-order valence-electron chi connectivity index (χ1n) is 6.55. The van der Waals surface area contributed by atoms with E-state index in [2.05, 4.69) is 20.8 Å². The minimum Gasteiger partial charge on any atom is -0.492 e. The number of hydrogen-bond donors (Lipinski definition) is 3. The first-order valence-corrected chi connectivity index (χ1v) is 6.55. The lowest BCUT2D eigenvalue weighted by atomic mass is 10.1. The maximum absolute atomic E-state index is 12.3. The third kappa shape index (κ3) is 2.65. The summed E-state index contributed by atoms with van der Waals surface area (Å²) in [6.45, 7) is 1.62. The van der Waals surface area contributed by atoms with Gasteiger partial charge >= 0.3 is 0 Å². The largest absolute Gasteiger partial charge is 0.492 e. The van der Waals surface area contributed by atoms with E-state index in [0.717, 1.165) is 17.0 Å². The van der Waals surface area contributed by atoms with Crippen molar-refractivity contribution in [2.45, 2.75) is 12.6 Å². The molecule has 0 radical (unpaired) electrons. The lowest BCUT2D eigenvalue weighted by Gasteiger charge is -2.16. The van der Waals surface area contributed by atoms with Crippen LogP contribution in [-0.2, 0) is 11.3 Å². The zero-order valence-electron chi connectivity index (χ0n) is 10.9. The van der Waals surface area contributed by atoms with Crippen molar-refractivity contribution in [1.82, 2.24) is 20.8 Å². The summed E-state index contributed by atoms with van der Waals surface area (Å²) >= 11 is 0. The Balaban J connectivity index is 1.73. The van der Waals surface area contributed by atoms with Crippen LogP contribution in [-0.4, -0.2) is 29.3 Å². The number of carbonyl (C=O) groups excluding carboxylic acids is 1. The van der Waals surface area contributed by atoms with Gasteiger partial charge in [0.05, 0.1) is 12.2 Å². The van der Waals surface area contributed by atoms with Crippen LogP contribution in [0.4, 0.5) is 0 Å². The summed E-state index contributed by atoms with van der Waals surface area (Å²) in [5.74, 6) is 0.691. The van der Waals surface area contributed by atoms with Gasteiger partial charge < -0.3 is 10.1 Å². The molecule has 0 saturated carbocycles. The topological polar surface area (TPSA) is 79.0 Å². The molecular formula is C14H16N4O2. The predicted octanol–water partition coefficient (Wildman–Crippen LogP) is 0.749. The number of fused-ring (bicyclic) bond motifs is 1. The van der Waals surface area contributed by atoms with Crippen molar-refractivity contribution in [3.8, 4) is 5.75 Å². The number of amides is 1. The van der Waals surface area contributed by atoms with E-state index in [1.165, 1.54) is 0 Å². The summed E-state index contributed by atoms with van der Waals surface area (Å²) in [6.07, 6.45) is 1.66. The van der Waals surface area contributed by atoms with Crippen molar-refractivity contribution in [1.29, 1.82) is 0 Å². The van der Waals surface area contributed by atoms with Crippen LogP contribution in [0.1, 0.15) is 17.3 Å². The summed E-state index contributed by atoms with van der Waals surface area (Å²) in [7, 11) is 0. The third-order valence-electron chi connectivity index (χ3n) is 3.21. The fourth-order valence-electron chi connectivity index (χ4n) is 2.23. The molecule has 0 fully saturated rings. The number of nitrogens with zero attached hydrogens (tertiary/aromatic N) is 1. The highest BCUT2D eigenvalue weighted by atomic mass is 16.5. The monoisotopic (exact) mass is 272 g/mol. The first kappa shape index (κ1) is 12.7. The molecule has 6 heteroatoms. The molecule has 3 N–H and O–H groups in total. The van der Waals surface area contributed by atoms with Gasteiger partial charge in [-0.15, -0.1) is 0 Å². The van der Waals surface area contributed by atoms with Crippen molar-refractivity contribution >= 4 is 5.91 Å². The highest BCUT2D eigenvalue weighted by Crippen LogP contribution is 2.26. The molecule has 1 aliphatic heterocycles. The maximum atomic E-state index is 12.3. The van der Waals surface area contributed by atoms with Gasteiger partial charge in [-0.2, -0.15) is 5.10 Å². The van der Waals surface area contributed by atoms with Crippen molar-refractivity contribution in [3.05, 3.63) is 47.8 Å². The molecule has 3 rings (SSSR count). The SMILES string of the molecule is O=C(NCc1ccn[nH]1)C1NCCOc2ccccc21. The molecule has 6 nitrogen and oxygen atoms in total. The molecule has 1 unspecified atom stereocenters. The number of ether oxygens (including phenoxy) is 1. The Bertz CT molecular complexity index is 583. The van der Waals surface area contributed by atoms with E-state index >= 15 is 0 Å². The molecular weight excluding hydrogens is 256 g/mol. The van der Waals surface area contributed by atoms with E-state index < -0.39 is 6.04 Å². The zero-order valence-corrected chi connectivity index (χ0v) is 10.9. The molecule has 1 aromatic carbocycles. The van der Waals surface area contributed by atoms with Crippen LogP contribution in [0.15, 0.2) is 36.5 Å². The Morgan fingerprint density at radius 3 is 3.15 bits per heavy atom. The summed E-state index contributed by atoms with van der Waals surface area (Å²) in [5.41, 5.74) is 1.74. The molecule has 2 heterocycles. The number of para-hydroxylation sites is 1. The van der Waals surface area contributed by atoms with E-state index in [4.69, 9.17) is 4.74 Å². The summed E-state index contributed by atoms with van der Waals surface area (Å²) in [4.78, 5) is 12.3. The van der Waals surface area contributed by atoms with Crippen LogP contribution in [0.3, 0.4) is 0 Å². The van der Waals surface area contributed by atoms with Gasteiger partial charge in [0.1, 0.15) is 18.4 Å². The molecule has 1 aliphatic rings.